The molecule has 0 radical (unpaired) electrons. The third kappa shape index (κ3) is 6.12. The third-order valence-electron chi connectivity index (χ3n) is 3.68. The zero-order valence-electron chi connectivity index (χ0n) is 15.0. The second-order valence-electron chi connectivity index (χ2n) is 6.25. The monoisotopic (exact) mass is 342 g/mol. The third-order valence-corrected chi connectivity index (χ3v) is 3.68. The molecule has 134 valence electrons. The molecule has 0 heterocycles. The van der Waals surface area contributed by atoms with Crippen molar-refractivity contribution in [2.45, 2.75) is 26.1 Å². The first kappa shape index (κ1) is 18.8. The normalized spacial score (nSPS) is 11.9. The number of aliphatic hydroxyl groups is 1. The van der Waals surface area contributed by atoms with Crippen molar-refractivity contribution in [2.24, 2.45) is 0 Å². The highest BCUT2D eigenvalue weighted by molar-refractivity contribution is 5.81. The number of aliphatic hydroxyl groups excluding tert-OH is 1. The molecule has 0 aromatic heterocycles. The SMILES string of the molecule is CC(C)Oc1cccc(C(O)CNC(=O)CN(C)c2ccccc2)c1. The number of likely N-dealkylation sites (N-methyl/N-ethyl adjacent to an activating group) is 1. The standard InChI is InChI=1S/C20H26N2O3/c1-15(2)25-18-11-7-8-16(12-18)19(23)13-21-20(24)14-22(3)17-9-5-4-6-10-17/h4-12,15,19,23H,13-14H2,1-3H3,(H,21,24). The lowest BCUT2D eigenvalue weighted by Crippen LogP contribution is -2.37. The van der Waals surface area contributed by atoms with Crippen LogP contribution < -0.4 is 15.0 Å². The van der Waals surface area contributed by atoms with E-state index in [2.05, 4.69) is 5.32 Å². The van der Waals surface area contributed by atoms with Crippen LogP contribution >= 0.6 is 0 Å². The highest BCUT2D eigenvalue weighted by Gasteiger charge is 2.12. The van der Waals surface area contributed by atoms with Crippen LogP contribution in [0, 0.1) is 0 Å². The molecule has 0 saturated carbocycles. The molecular formula is C20H26N2O3. The van der Waals surface area contributed by atoms with Gasteiger partial charge < -0.3 is 20.1 Å². The van der Waals surface area contributed by atoms with Crippen molar-refractivity contribution in [1.82, 2.24) is 5.32 Å². The van der Waals surface area contributed by atoms with Gasteiger partial charge >= 0.3 is 0 Å². The largest absolute Gasteiger partial charge is 0.491 e. The van der Waals surface area contributed by atoms with E-state index < -0.39 is 6.10 Å². The van der Waals surface area contributed by atoms with Gasteiger partial charge in [-0.25, -0.2) is 0 Å². The van der Waals surface area contributed by atoms with Gasteiger partial charge in [-0.2, -0.15) is 0 Å². The highest BCUT2D eigenvalue weighted by atomic mass is 16.5. The minimum absolute atomic E-state index is 0.0700. The summed E-state index contributed by atoms with van der Waals surface area (Å²) in [6, 6.07) is 17.0. The molecule has 25 heavy (non-hydrogen) atoms. The van der Waals surface area contributed by atoms with Gasteiger partial charge in [0, 0.05) is 19.3 Å². The first-order valence-corrected chi connectivity index (χ1v) is 8.43. The van der Waals surface area contributed by atoms with Crippen molar-refractivity contribution in [3.8, 4) is 5.75 Å². The zero-order valence-corrected chi connectivity index (χ0v) is 15.0. The van der Waals surface area contributed by atoms with Crippen LogP contribution in [0.15, 0.2) is 54.6 Å². The number of rotatable bonds is 8. The number of nitrogens with one attached hydrogen (secondary N) is 1. The quantitative estimate of drug-likeness (QED) is 0.774. The Morgan fingerprint density at radius 3 is 2.56 bits per heavy atom. The van der Waals surface area contributed by atoms with Crippen LogP contribution in [0.3, 0.4) is 0 Å². The molecule has 1 unspecified atom stereocenters. The Bertz CT molecular complexity index is 674. The van der Waals surface area contributed by atoms with Crippen LogP contribution in [0.25, 0.3) is 0 Å². The summed E-state index contributed by atoms with van der Waals surface area (Å²) in [7, 11) is 1.86. The lowest BCUT2D eigenvalue weighted by molar-refractivity contribution is -0.120. The summed E-state index contributed by atoms with van der Waals surface area (Å²) in [5.74, 6) is 0.571. The molecule has 5 heteroatoms. The lowest BCUT2D eigenvalue weighted by atomic mass is 10.1. The molecule has 1 atom stereocenters. The van der Waals surface area contributed by atoms with Gasteiger partial charge in [-0.15, -0.1) is 0 Å². The molecular weight excluding hydrogens is 316 g/mol. The number of hydrogen-bond acceptors (Lipinski definition) is 4. The predicted molar refractivity (Wildman–Crippen MR) is 99.9 cm³/mol. The van der Waals surface area contributed by atoms with E-state index >= 15 is 0 Å². The molecule has 0 aliphatic heterocycles. The number of hydrogen-bond donors (Lipinski definition) is 2. The Balaban J connectivity index is 1.85. The number of carbonyl (C=O) groups excluding carboxylic acids is 1. The maximum atomic E-state index is 12.1. The van der Waals surface area contributed by atoms with Crippen LogP contribution in [0.4, 0.5) is 5.69 Å². The van der Waals surface area contributed by atoms with E-state index in [9.17, 15) is 9.90 Å². The molecule has 5 nitrogen and oxygen atoms in total. The van der Waals surface area contributed by atoms with Gasteiger partial charge in [-0.05, 0) is 43.7 Å². The van der Waals surface area contributed by atoms with E-state index in [0.29, 0.717) is 5.75 Å². The smallest absolute Gasteiger partial charge is 0.239 e. The highest BCUT2D eigenvalue weighted by Crippen LogP contribution is 2.20. The Kier molecular flexibility index (Phi) is 6.83. The molecule has 0 aliphatic carbocycles. The van der Waals surface area contributed by atoms with Gasteiger partial charge in [0.15, 0.2) is 0 Å². The number of carbonyl (C=O) groups is 1. The summed E-state index contributed by atoms with van der Waals surface area (Å²) in [5, 5.41) is 13.1. The predicted octanol–water partition coefficient (Wildman–Crippen LogP) is 2.76. The van der Waals surface area contributed by atoms with Gasteiger partial charge in [0.25, 0.3) is 0 Å². The van der Waals surface area contributed by atoms with E-state index in [1.165, 1.54) is 0 Å². The van der Waals surface area contributed by atoms with Crippen molar-refractivity contribution in [2.75, 3.05) is 25.0 Å². The van der Waals surface area contributed by atoms with Gasteiger partial charge in [0.1, 0.15) is 5.75 Å². The number of benzene rings is 2. The van der Waals surface area contributed by atoms with Crippen molar-refractivity contribution in [1.29, 1.82) is 0 Å². The van der Waals surface area contributed by atoms with Crippen LogP contribution in [-0.4, -0.2) is 37.3 Å². The molecule has 0 fully saturated rings. The number of nitrogens with zero attached hydrogens (tertiary/aromatic N) is 1. The van der Waals surface area contributed by atoms with E-state index in [0.717, 1.165) is 11.3 Å². The average Bonchev–Trinajstić information content (AvgIpc) is 2.60. The maximum Gasteiger partial charge on any atom is 0.239 e. The fraction of sp³-hybridized carbons (Fsp3) is 0.350. The average molecular weight is 342 g/mol. The molecule has 2 aromatic rings. The molecule has 0 saturated heterocycles. The minimum Gasteiger partial charge on any atom is -0.491 e. The Labute approximate surface area is 149 Å². The van der Waals surface area contributed by atoms with E-state index in [1.54, 1.807) is 6.07 Å². The topological polar surface area (TPSA) is 61.8 Å². The second kappa shape index (κ2) is 9.08. The van der Waals surface area contributed by atoms with Gasteiger partial charge in [0.2, 0.25) is 5.91 Å². The van der Waals surface area contributed by atoms with Crippen molar-refractivity contribution in [3.05, 3.63) is 60.2 Å². The van der Waals surface area contributed by atoms with Crippen LogP contribution in [0.1, 0.15) is 25.5 Å². The lowest BCUT2D eigenvalue weighted by Gasteiger charge is -2.19. The van der Waals surface area contributed by atoms with Crippen LogP contribution in [0.2, 0.25) is 0 Å². The van der Waals surface area contributed by atoms with Crippen LogP contribution in [-0.2, 0) is 4.79 Å². The second-order valence-corrected chi connectivity index (χ2v) is 6.25. The molecule has 2 aromatic carbocycles. The first-order valence-electron chi connectivity index (χ1n) is 8.43. The maximum absolute atomic E-state index is 12.1. The zero-order chi connectivity index (χ0) is 18.2. The van der Waals surface area contributed by atoms with Gasteiger partial charge in [0.05, 0.1) is 18.8 Å². The van der Waals surface area contributed by atoms with Crippen molar-refractivity contribution >= 4 is 11.6 Å². The summed E-state index contributed by atoms with van der Waals surface area (Å²) < 4.78 is 5.63. The number of amides is 1. The number of ether oxygens (including phenoxy) is 1. The van der Waals surface area contributed by atoms with Gasteiger partial charge in [-0.3, -0.25) is 4.79 Å². The number of para-hydroxylation sites is 1. The van der Waals surface area contributed by atoms with E-state index in [-0.39, 0.29) is 25.1 Å². The Morgan fingerprint density at radius 1 is 1.16 bits per heavy atom. The number of anilines is 1. The molecule has 1 amide bonds. The molecule has 2 N–H and O–H groups in total. The van der Waals surface area contributed by atoms with E-state index in [1.807, 2.05) is 74.3 Å². The Hall–Kier alpha value is -2.53. The fourth-order valence-electron chi connectivity index (χ4n) is 2.44. The van der Waals surface area contributed by atoms with E-state index in [4.69, 9.17) is 4.74 Å². The summed E-state index contributed by atoms with van der Waals surface area (Å²) in [6.07, 6.45) is -0.706. The van der Waals surface area contributed by atoms with Crippen LogP contribution in [0.5, 0.6) is 5.75 Å². The Morgan fingerprint density at radius 2 is 1.88 bits per heavy atom. The summed E-state index contributed by atoms with van der Waals surface area (Å²) in [4.78, 5) is 13.9. The summed E-state index contributed by atoms with van der Waals surface area (Å²) in [5.41, 5.74) is 1.69. The summed E-state index contributed by atoms with van der Waals surface area (Å²) in [6.45, 7) is 4.29. The minimum atomic E-state index is -0.776. The fourth-order valence-corrected chi connectivity index (χ4v) is 2.44. The summed E-state index contributed by atoms with van der Waals surface area (Å²) >= 11 is 0. The van der Waals surface area contributed by atoms with Gasteiger partial charge in [-0.1, -0.05) is 30.3 Å². The first-order chi connectivity index (χ1) is 12.0. The molecule has 0 aliphatic rings. The molecule has 2 rings (SSSR count). The van der Waals surface area contributed by atoms with Crippen molar-refractivity contribution < 1.29 is 14.6 Å². The van der Waals surface area contributed by atoms with Crippen molar-refractivity contribution in [3.63, 3.8) is 0 Å². The molecule has 0 spiro atoms. The molecule has 0 bridgehead atoms.